The Hall–Kier alpha value is -3.22. The number of ether oxygens (including phenoxy) is 1. The third kappa shape index (κ3) is 3.88. The highest BCUT2D eigenvalue weighted by molar-refractivity contribution is 5.93. The molecule has 0 bridgehead atoms. The van der Waals surface area contributed by atoms with Crippen LogP contribution in [-0.4, -0.2) is 50.0 Å². The van der Waals surface area contributed by atoms with Gasteiger partial charge >= 0.3 is 0 Å². The minimum Gasteiger partial charge on any atom is -0.471 e. The fraction of sp³-hybridized carbons (Fsp3) is 0.333. The molecular formula is C21H23N5O2. The molecule has 1 aliphatic heterocycles. The summed E-state index contributed by atoms with van der Waals surface area (Å²) in [6, 6.07) is 15.4. The summed E-state index contributed by atoms with van der Waals surface area (Å²) in [7, 11) is 1.81. The van der Waals surface area contributed by atoms with Crippen LogP contribution in [0.2, 0.25) is 0 Å². The number of aryl methyl sites for hydroxylation is 2. The molecule has 2 aromatic heterocycles. The molecule has 0 aliphatic carbocycles. The molecule has 1 atom stereocenters. The molecule has 1 fully saturated rings. The van der Waals surface area contributed by atoms with Crippen molar-refractivity contribution >= 4 is 5.91 Å². The number of amides is 1. The number of carbonyl (C=O) groups excluding carboxylic acids is 1. The summed E-state index contributed by atoms with van der Waals surface area (Å²) < 4.78 is 7.59. The Kier molecular flexibility index (Phi) is 5.06. The molecule has 7 nitrogen and oxygen atoms in total. The van der Waals surface area contributed by atoms with E-state index in [0.29, 0.717) is 24.7 Å². The molecule has 1 aliphatic rings. The van der Waals surface area contributed by atoms with Crippen LogP contribution in [0.5, 0.6) is 5.88 Å². The van der Waals surface area contributed by atoms with E-state index < -0.39 is 0 Å². The van der Waals surface area contributed by atoms with E-state index in [1.165, 1.54) is 0 Å². The summed E-state index contributed by atoms with van der Waals surface area (Å²) in [6.45, 7) is 3.12. The number of rotatable bonds is 4. The van der Waals surface area contributed by atoms with E-state index in [0.717, 1.165) is 29.8 Å². The maximum Gasteiger partial charge on any atom is 0.272 e. The van der Waals surface area contributed by atoms with Crippen LogP contribution < -0.4 is 4.74 Å². The largest absolute Gasteiger partial charge is 0.471 e. The van der Waals surface area contributed by atoms with Crippen LogP contribution in [0, 0.1) is 6.92 Å². The number of hydrogen-bond acceptors (Lipinski definition) is 5. The van der Waals surface area contributed by atoms with Crippen molar-refractivity contribution in [3.8, 4) is 17.1 Å². The zero-order chi connectivity index (χ0) is 19.5. The number of likely N-dealkylation sites (tertiary alicyclic amines) is 1. The zero-order valence-electron chi connectivity index (χ0n) is 16.1. The second-order valence-electron chi connectivity index (χ2n) is 7.05. The summed E-state index contributed by atoms with van der Waals surface area (Å²) in [5.41, 5.74) is 3.22. The summed E-state index contributed by atoms with van der Waals surface area (Å²) in [5, 5.41) is 12.6. The van der Waals surface area contributed by atoms with Gasteiger partial charge < -0.3 is 9.64 Å². The van der Waals surface area contributed by atoms with E-state index in [9.17, 15) is 4.79 Å². The lowest BCUT2D eigenvalue weighted by atomic mass is 10.1. The first-order valence-electron chi connectivity index (χ1n) is 9.46. The van der Waals surface area contributed by atoms with Crippen molar-refractivity contribution < 1.29 is 9.53 Å². The molecule has 1 amide bonds. The van der Waals surface area contributed by atoms with Crippen LogP contribution in [0.4, 0.5) is 0 Å². The molecule has 0 saturated carbocycles. The Bertz CT molecular complexity index is 953. The molecule has 1 saturated heterocycles. The van der Waals surface area contributed by atoms with E-state index in [1.54, 1.807) is 11.7 Å². The Labute approximate surface area is 164 Å². The Balaban J connectivity index is 1.47. The van der Waals surface area contributed by atoms with Gasteiger partial charge in [0.1, 0.15) is 11.8 Å². The molecular weight excluding hydrogens is 354 g/mol. The number of hydrogen-bond donors (Lipinski definition) is 0. The minimum absolute atomic E-state index is 0.0273. The van der Waals surface area contributed by atoms with Crippen molar-refractivity contribution in [2.75, 3.05) is 13.1 Å². The van der Waals surface area contributed by atoms with Gasteiger partial charge in [0, 0.05) is 25.2 Å². The fourth-order valence-corrected chi connectivity index (χ4v) is 3.42. The predicted molar refractivity (Wildman–Crippen MR) is 105 cm³/mol. The van der Waals surface area contributed by atoms with Crippen LogP contribution >= 0.6 is 0 Å². The molecule has 1 aromatic carbocycles. The van der Waals surface area contributed by atoms with E-state index in [1.807, 2.05) is 60.4 Å². The predicted octanol–water partition coefficient (Wildman–Crippen LogP) is 2.87. The fourth-order valence-electron chi connectivity index (χ4n) is 3.42. The highest BCUT2D eigenvalue weighted by Crippen LogP contribution is 2.22. The molecule has 3 heterocycles. The lowest BCUT2D eigenvalue weighted by molar-refractivity contribution is 0.0516. The highest BCUT2D eigenvalue weighted by atomic mass is 16.5. The standard InChI is InChI=1S/C21H23N5O2/c1-15-10-11-20(23-22-15)28-17-9-6-12-26(14-17)21(27)19-13-18(24-25(19)2)16-7-4-3-5-8-16/h3-5,7-8,10-11,13,17H,6,9,12,14H2,1-2H3. The first kappa shape index (κ1) is 18.2. The maximum absolute atomic E-state index is 13.1. The van der Waals surface area contributed by atoms with Gasteiger partial charge in [0.2, 0.25) is 5.88 Å². The van der Waals surface area contributed by atoms with Gasteiger partial charge in [0.25, 0.3) is 5.91 Å². The maximum atomic E-state index is 13.1. The second kappa shape index (κ2) is 7.80. The van der Waals surface area contributed by atoms with Gasteiger partial charge in [0.05, 0.1) is 17.9 Å². The molecule has 0 N–H and O–H groups in total. The van der Waals surface area contributed by atoms with Crippen molar-refractivity contribution in [1.82, 2.24) is 24.9 Å². The number of aromatic nitrogens is 4. The average Bonchev–Trinajstić information content (AvgIpc) is 3.12. The van der Waals surface area contributed by atoms with Crippen LogP contribution in [0.25, 0.3) is 11.3 Å². The first-order chi connectivity index (χ1) is 13.6. The van der Waals surface area contributed by atoms with E-state index in [-0.39, 0.29) is 12.0 Å². The number of nitrogens with zero attached hydrogens (tertiary/aromatic N) is 5. The van der Waals surface area contributed by atoms with Crippen molar-refractivity contribution in [3.63, 3.8) is 0 Å². The molecule has 0 spiro atoms. The third-order valence-corrected chi connectivity index (χ3v) is 4.89. The van der Waals surface area contributed by atoms with Crippen LogP contribution in [0.1, 0.15) is 29.0 Å². The van der Waals surface area contributed by atoms with Gasteiger partial charge in [-0.2, -0.15) is 10.2 Å². The first-order valence-corrected chi connectivity index (χ1v) is 9.46. The molecule has 144 valence electrons. The van der Waals surface area contributed by atoms with Crippen LogP contribution in [0.15, 0.2) is 48.5 Å². The minimum atomic E-state index is -0.0865. The van der Waals surface area contributed by atoms with Gasteiger partial charge in [-0.3, -0.25) is 9.48 Å². The van der Waals surface area contributed by atoms with E-state index in [4.69, 9.17) is 4.74 Å². The van der Waals surface area contributed by atoms with E-state index >= 15 is 0 Å². The lowest BCUT2D eigenvalue weighted by Gasteiger charge is -2.32. The molecule has 3 aromatic rings. The summed E-state index contributed by atoms with van der Waals surface area (Å²) in [4.78, 5) is 14.9. The van der Waals surface area contributed by atoms with Crippen molar-refractivity contribution in [1.29, 1.82) is 0 Å². The Morgan fingerprint density at radius 2 is 1.96 bits per heavy atom. The van der Waals surface area contributed by atoms with Gasteiger partial charge in [-0.15, -0.1) is 5.10 Å². The second-order valence-corrected chi connectivity index (χ2v) is 7.05. The Morgan fingerprint density at radius 3 is 2.71 bits per heavy atom. The summed E-state index contributed by atoms with van der Waals surface area (Å²) in [5.74, 6) is 0.470. The number of benzene rings is 1. The normalized spacial score (nSPS) is 16.8. The van der Waals surface area contributed by atoms with Crippen molar-refractivity contribution in [3.05, 3.63) is 59.9 Å². The topological polar surface area (TPSA) is 73.1 Å². The summed E-state index contributed by atoms with van der Waals surface area (Å²) in [6.07, 6.45) is 1.69. The molecule has 4 rings (SSSR count). The van der Waals surface area contributed by atoms with Gasteiger partial charge in [-0.05, 0) is 31.9 Å². The highest BCUT2D eigenvalue weighted by Gasteiger charge is 2.28. The summed E-state index contributed by atoms with van der Waals surface area (Å²) >= 11 is 0. The van der Waals surface area contributed by atoms with Gasteiger partial charge in [0.15, 0.2) is 0 Å². The van der Waals surface area contributed by atoms with Crippen molar-refractivity contribution in [2.24, 2.45) is 7.05 Å². The monoisotopic (exact) mass is 377 g/mol. The van der Waals surface area contributed by atoms with Crippen molar-refractivity contribution in [2.45, 2.75) is 25.9 Å². The molecule has 28 heavy (non-hydrogen) atoms. The van der Waals surface area contributed by atoms with Gasteiger partial charge in [-0.25, -0.2) is 0 Å². The zero-order valence-corrected chi connectivity index (χ0v) is 16.1. The quantitative estimate of drug-likeness (QED) is 0.699. The van der Waals surface area contributed by atoms with Gasteiger partial charge in [-0.1, -0.05) is 30.3 Å². The Morgan fingerprint density at radius 1 is 1.14 bits per heavy atom. The average molecular weight is 377 g/mol. The SMILES string of the molecule is Cc1ccc(OC2CCCN(C(=O)c3cc(-c4ccccc4)nn3C)C2)nn1. The van der Waals surface area contributed by atoms with E-state index in [2.05, 4.69) is 15.3 Å². The van der Waals surface area contributed by atoms with Crippen LogP contribution in [0.3, 0.4) is 0 Å². The molecule has 1 unspecified atom stereocenters. The third-order valence-electron chi connectivity index (χ3n) is 4.89. The number of piperidine rings is 1. The number of carbonyl (C=O) groups is 1. The molecule has 7 heteroatoms. The smallest absolute Gasteiger partial charge is 0.272 e. The van der Waals surface area contributed by atoms with Crippen LogP contribution in [-0.2, 0) is 7.05 Å². The molecule has 0 radical (unpaired) electrons. The lowest BCUT2D eigenvalue weighted by Crippen LogP contribution is -2.45.